The number of esters is 1. The van der Waals surface area contributed by atoms with Crippen molar-refractivity contribution in [2.45, 2.75) is 25.7 Å². The number of likely N-dealkylation sites (N-methyl/N-ethyl adjacent to an activating group) is 1. The molecule has 1 unspecified atom stereocenters. The van der Waals surface area contributed by atoms with Gasteiger partial charge in [0.05, 0.1) is 7.11 Å². The van der Waals surface area contributed by atoms with Crippen LogP contribution in [-0.4, -0.2) is 51.3 Å². The first-order valence-corrected chi connectivity index (χ1v) is 7.81. The number of benzene rings is 1. The molecule has 0 saturated heterocycles. The molecule has 0 aliphatic carbocycles. The molecule has 0 spiro atoms. The van der Waals surface area contributed by atoms with E-state index in [9.17, 15) is 9.59 Å². The van der Waals surface area contributed by atoms with E-state index in [-0.39, 0.29) is 30.4 Å². The van der Waals surface area contributed by atoms with E-state index in [1.54, 1.807) is 7.05 Å². The number of methoxy groups -OCH3 is 1. The summed E-state index contributed by atoms with van der Waals surface area (Å²) in [4.78, 5) is 27.1. The van der Waals surface area contributed by atoms with Crippen molar-refractivity contribution in [3.63, 3.8) is 0 Å². The van der Waals surface area contributed by atoms with Crippen LogP contribution in [0.25, 0.3) is 0 Å². The van der Waals surface area contributed by atoms with Crippen molar-refractivity contribution < 1.29 is 19.1 Å². The lowest BCUT2D eigenvalue weighted by molar-refractivity contribution is -0.140. The quantitative estimate of drug-likeness (QED) is 0.759. The lowest BCUT2D eigenvalue weighted by Crippen LogP contribution is -2.29. The third kappa shape index (κ3) is 4.32. The lowest BCUT2D eigenvalue weighted by Gasteiger charge is -2.18. The molecule has 134 valence electrons. The SMILES string of the molecule is CCN(C)C(=O)Oc1cccc2c1C(CCC(=O)OC)CN2C.Cl. The standard InChI is InChI=1S/C17H24N2O4.ClH/c1-5-18(2)17(21)23-14-8-6-7-13-16(14)12(11-19(13)3)9-10-15(20)22-4;/h6-8,12H,5,9-11H2,1-4H3;1H. The highest BCUT2D eigenvalue weighted by atomic mass is 35.5. The number of amides is 1. The molecule has 0 N–H and O–H groups in total. The van der Waals surface area contributed by atoms with E-state index >= 15 is 0 Å². The lowest BCUT2D eigenvalue weighted by atomic mass is 9.95. The fourth-order valence-electron chi connectivity index (χ4n) is 2.82. The maximum Gasteiger partial charge on any atom is 0.414 e. The third-order valence-corrected chi connectivity index (χ3v) is 4.26. The van der Waals surface area contributed by atoms with Crippen LogP contribution in [0, 0.1) is 0 Å². The van der Waals surface area contributed by atoms with Gasteiger partial charge in [-0.1, -0.05) is 6.07 Å². The Labute approximate surface area is 149 Å². The highest BCUT2D eigenvalue weighted by Crippen LogP contribution is 2.43. The van der Waals surface area contributed by atoms with Gasteiger partial charge in [0.1, 0.15) is 5.75 Å². The second-order valence-corrected chi connectivity index (χ2v) is 5.76. The summed E-state index contributed by atoms with van der Waals surface area (Å²) in [6.45, 7) is 3.27. The fraction of sp³-hybridized carbons (Fsp3) is 0.529. The molecular formula is C17H25ClN2O4. The number of rotatable bonds is 5. The number of fused-ring (bicyclic) bond motifs is 1. The predicted octanol–water partition coefficient (Wildman–Crippen LogP) is 3.05. The Morgan fingerprint density at radius 3 is 2.71 bits per heavy atom. The van der Waals surface area contributed by atoms with Crippen LogP contribution in [0.15, 0.2) is 18.2 Å². The summed E-state index contributed by atoms with van der Waals surface area (Å²) in [5.41, 5.74) is 2.04. The molecule has 6 nitrogen and oxygen atoms in total. The fourth-order valence-corrected chi connectivity index (χ4v) is 2.82. The summed E-state index contributed by atoms with van der Waals surface area (Å²) < 4.78 is 10.3. The zero-order chi connectivity index (χ0) is 17.0. The van der Waals surface area contributed by atoms with Crippen molar-refractivity contribution >= 4 is 30.2 Å². The molecule has 24 heavy (non-hydrogen) atoms. The number of ether oxygens (including phenoxy) is 2. The maximum atomic E-state index is 12.1. The van der Waals surface area contributed by atoms with Gasteiger partial charge >= 0.3 is 12.1 Å². The van der Waals surface area contributed by atoms with Gasteiger partial charge in [0, 0.05) is 50.8 Å². The molecule has 0 fully saturated rings. The number of carbonyl (C=O) groups is 2. The Morgan fingerprint density at radius 1 is 1.38 bits per heavy atom. The Kier molecular flexibility index (Phi) is 7.35. The topological polar surface area (TPSA) is 59.1 Å². The van der Waals surface area contributed by atoms with Crippen molar-refractivity contribution in [1.29, 1.82) is 0 Å². The van der Waals surface area contributed by atoms with Crippen LogP contribution in [-0.2, 0) is 9.53 Å². The van der Waals surface area contributed by atoms with Gasteiger partial charge in [-0.25, -0.2) is 4.79 Å². The molecule has 0 saturated carbocycles. The molecule has 0 radical (unpaired) electrons. The highest BCUT2D eigenvalue weighted by molar-refractivity contribution is 5.85. The Morgan fingerprint density at radius 2 is 2.08 bits per heavy atom. The maximum absolute atomic E-state index is 12.1. The molecule has 1 aromatic carbocycles. The van der Waals surface area contributed by atoms with Crippen LogP contribution in [0.2, 0.25) is 0 Å². The van der Waals surface area contributed by atoms with E-state index in [1.165, 1.54) is 12.0 Å². The van der Waals surface area contributed by atoms with Crippen molar-refractivity contribution in [1.82, 2.24) is 4.90 Å². The molecule has 1 amide bonds. The first-order valence-electron chi connectivity index (χ1n) is 7.81. The number of hydrogen-bond donors (Lipinski definition) is 0. The number of nitrogens with zero attached hydrogens (tertiary/aromatic N) is 2. The Bertz CT molecular complexity index is 594. The molecule has 1 aromatic rings. The van der Waals surface area contributed by atoms with Gasteiger partial charge in [-0.3, -0.25) is 4.79 Å². The van der Waals surface area contributed by atoms with Crippen LogP contribution >= 0.6 is 12.4 Å². The van der Waals surface area contributed by atoms with Crippen LogP contribution in [0.4, 0.5) is 10.5 Å². The molecule has 1 heterocycles. The number of halogens is 1. The minimum Gasteiger partial charge on any atom is -0.469 e. The first kappa shape index (κ1) is 20.1. The minimum absolute atomic E-state index is 0. The average Bonchev–Trinajstić information content (AvgIpc) is 2.89. The molecule has 1 atom stereocenters. The van der Waals surface area contributed by atoms with Crippen molar-refractivity contribution in [2.75, 3.05) is 39.2 Å². The normalized spacial score (nSPS) is 15.3. The van der Waals surface area contributed by atoms with Gasteiger partial charge in [0.2, 0.25) is 0 Å². The van der Waals surface area contributed by atoms with E-state index in [0.29, 0.717) is 25.1 Å². The molecule has 0 aromatic heterocycles. The van der Waals surface area contributed by atoms with Gasteiger partial charge in [0.25, 0.3) is 0 Å². The number of anilines is 1. The van der Waals surface area contributed by atoms with E-state index in [1.807, 2.05) is 32.2 Å². The van der Waals surface area contributed by atoms with E-state index < -0.39 is 0 Å². The van der Waals surface area contributed by atoms with E-state index in [4.69, 9.17) is 9.47 Å². The Hall–Kier alpha value is -1.95. The van der Waals surface area contributed by atoms with Crippen LogP contribution < -0.4 is 9.64 Å². The predicted molar refractivity (Wildman–Crippen MR) is 95.3 cm³/mol. The summed E-state index contributed by atoms with van der Waals surface area (Å²) >= 11 is 0. The van der Waals surface area contributed by atoms with Gasteiger partial charge in [-0.05, 0) is 25.5 Å². The molecule has 1 aliphatic rings. The average molecular weight is 357 g/mol. The van der Waals surface area contributed by atoms with Gasteiger partial charge in [-0.2, -0.15) is 0 Å². The largest absolute Gasteiger partial charge is 0.469 e. The second-order valence-electron chi connectivity index (χ2n) is 5.76. The van der Waals surface area contributed by atoms with E-state index in [2.05, 4.69) is 4.90 Å². The Balaban J connectivity index is 0.00000288. The smallest absolute Gasteiger partial charge is 0.414 e. The molecule has 1 aliphatic heterocycles. The first-order chi connectivity index (χ1) is 11.0. The number of hydrogen-bond acceptors (Lipinski definition) is 5. The minimum atomic E-state index is -0.373. The van der Waals surface area contributed by atoms with Crippen LogP contribution in [0.5, 0.6) is 5.75 Å². The summed E-state index contributed by atoms with van der Waals surface area (Å²) in [5.74, 6) is 0.498. The van der Waals surface area contributed by atoms with Gasteiger partial charge in [0.15, 0.2) is 0 Å². The summed E-state index contributed by atoms with van der Waals surface area (Å²) in [7, 11) is 5.10. The number of carbonyl (C=O) groups excluding carboxylic acids is 2. The monoisotopic (exact) mass is 356 g/mol. The summed E-state index contributed by atoms with van der Waals surface area (Å²) in [6.07, 6.45) is 0.649. The van der Waals surface area contributed by atoms with E-state index in [0.717, 1.165) is 17.8 Å². The van der Waals surface area contributed by atoms with Gasteiger partial charge < -0.3 is 19.3 Å². The third-order valence-electron chi connectivity index (χ3n) is 4.26. The molecule has 7 heteroatoms. The summed E-state index contributed by atoms with van der Waals surface area (Å²) in [5, 5.41) is 0. The van der Waals surface area contributed by atoms with Crippen molar-refractivity contribution in [3.8, 4) is 5.75 Å². The zero-order valence-electron chi connectivity index (χ0n) is 14.6. The second kappa shape index (κ2) is 8.78. The van der Waals surface area contributed by atoms with Crippen molar-refractivity contribution in [2.24, 2.45) is 0 Å². The zero-order valence-corrected chi connectivity index (χ0v) is 15.4. The summed E-state index contributed by atoms with van der Waals surface area (Å²) in [6, 6.07) is 5.70. The molecule has 0 bridgehead atoms. The van der Waals surface area contributed by atoms with Crippen LogP contribution in [0.1, 0.15) is 31.2 Å². The molecule has 2 rings (SSSR count). The highest BCUT2D eigenvalue weighted by Gasteiger charge is 2.31. The van der Waals surface area contributed by atoms with Gasteiger partial charge in [-0.15, -0.1) is 12.4 Å². The van der Waals surface area contributed by atoms with Crippen LogP contribution in [0.3, 0.4) is 0 Å². The van der Waals surface area contributed by atoms with Crippen molar-refractivity contribution in [3.05, 3.63) is 23.8 Å². The molecular weight excluding hydrogens is 332 g/mol.